The highest BCUT2D eigenvalue weighted by atomic mass is 16.4. The molecule has 2 aromatic heterocycles. The van der Waals surface area contributed by atoms with Gasteiger partial charge in [-0.25, -0.2) is 19.3 Å². The highest BCUT2D eigenvalue weighted by molar-refractivity contribution is 6.38. The van der Waals surface area contributed by atoms with Crippen molar-refractivity contribution in [2.45, 2.75) is 13.8 Å². The molecule has 0 aliphatic rings. The van der Waals surface area contributed by atoms with Gasteiger partial charge in [-0.05, 0) is 49.2 Å². The number of aryl methyl sites for hydroxylation is 2. The molecule has 2 heterocycles. The lowest BCUT2D eigenvalue weighted by atomic mass is 10.1. The van der Waals surface area contributed by atoms with Gasteiger partial charge in [-0.3, -0.25) is 4.99 Å². The largest absolute Gasteiger partial charge is 0.507 e. The Labute approximate surface area is 214 Å². The van der Waals surface area contributed by atoms with E-state index >= 15 is 0 Å². The van der Waals surface area contributed by atoms with Crippen molar-refractivity contribution in [2.24, 2.45) is 15.9 Å². The van der Waals surface area contributed by atoms with Crippen LogP contribution in [-0.4, -0.2) is 64.3 Å². The van der Waals surface area contributed by atoms with E-state index in [1.54, 1.807) is 6.20 Å². The van der Waals surface area contributed by atoms with Crippen LogP contribution < -0.4 is 5.84 Å². The number of pyridine rings is 1. The van der Waals surface area contributed by atoms with Crippen molar-refractivity contribution in [1.82, 2.24) is 20.0 Å². The Morgan fingerprint density at radius 3 is 2.21 bits per heavy atom. The molecule has 192 valence electrons. The SMILES string of the molecule is Cc1cc(C)c(-c2cn(-c3ccc(C(=O)O)c(O)c3)nn2)nc1C(C=Nc1ccc(C(=O)O)c(O)c1)=NN. The number of nitrogens with two attached hydrogens (primary N) is 1. The summed E-state index contributed by atoms with van der Waals surface area (Å²) < 4.78 is 1.37. The average Bonchev–Trinajstić information content (AvgIpc) is 3.35. The van der Waals surface area contributed by atoms with Gasteiger partial charge in [-0.1, -0.05) is 11.3 Å². The number of aromatic carboxylic acids is 2. The maximum atomic E-state index is 11.2. The molecular weight excluding hydrogens is 494 g/mol. The molecule has 0 spiro atoms. The molecule has 38 heavy (non-hydrogen) atoms. The van der Waals surface area contributed by atoms with E-state index < -0.39 is 23.4 Å². The normalized spacial score (nSPS) is 11.7. The smallest absolute Gasteiger partial charge is 0.339 e. The summed E-state index contributed by atoms with van der Waals surface area (Å²) in [5, 5.41) is 50.1. The Bertz CT molecular complexity index is 1640. The van der Waals surface area contributed by atoms with E-state index in [0.717, 1.165) is 11.1 Å². The number of nitrogens with zero attached hydrogens (tertiary/aromatic N) is 6. The van der Waals surface area contributed by atoms with Gasteiger partial charge in [0.1, 0.15) is 34.0 Å². The highest BCUT2D eigenvalue weighted by Gasteiger charge is 2.17. The van der Waals surface area contributed by atoms with Crippen LogP contribution in [0.4, 0.5) is 5.69 Å². The molecule has 0 fully saturated rings. The molecule has 2 aromatic carbocycles. The molecule has 0 amide bonds. The van der Waals surface area contributed by atoms with Crippen molar-refractivity contribution in [2.75, 3.05) is 0 Å². The van der Waals surface area contributed by atoms with Crippen molar-refractivity contribution in [3.05, 3.63) is 76.6 Å². The predicted molar refractivity (Wildman–Crippen MR) is 137 cm³/mol. The van der Waals surface area contributed by atoms with Crippen LogP contribution in [-0.2, 0) is 0 Å². The van der Waals surface area contributed by atoms with Crippen molar-refractivity contribution in [3.63, 3.8) is 0 Å². The highest BCUT2D eigenvalue weighted by Crippen LogP contribution is 2.26. The third-order valence-corrected chi connectivity index (χ3v) is 5.55. The van der Waals surface area contributed by atoms with Crippen LogP contribution >= 0.6 is 0 Å². The number of carboxylic acid groups (broad SMARTS) is 2. The Hall–Kier alpha value is -5.59. The molecule has 4 aromatic rings. The Morgan fingerprint density at radius 2 is 1.61 bits per heavy atom. The van der Waals surface area contributed by atoms with Gasteiger partial charge in [-0.2, -0.15) is 5.10 Å². The van der Waals surface area contributed by atoms with Crippen molar-refractivity contribution in [1.29, 1.82) is 0 Å². The second kappa shape index (κ2) is 10.2. The Morgan fingerprint density at radius 1 is 0.947 bits per heavy atom. The third-order valence-electron chi connectivity index (χ3n) is 5.55. The molecule has 6 N–H and O–H groups in total. The maximum Gasteiger partial charge on any atom is 0.339 e. The standard InChI is InChI=1S/C25H21N7O6/c1-12-7-13(2)23(19-11-32(31-30-19)15-4-6-17(25(37)38)21(34)9-15)28-22(12)18(29-26)10-27-14-3-5-16(24(35)36)20(33)8-14/h3-11,33-34H,26H2,1-2H3,(H,35,36)(H,37,38). The van der Waals surface area contributed by atoms with Crippen LogP contribution in [0.3, 0.4) is 0 Å². The molecule has 0 saturated carbocycles. The van der Waals surface area contributed by atoms with E-state index in [0.29, 0.717) is 22.8 Å². The van der Waals surface area contributed by atoms with E-state index in [9.17, 15) is 19.8 Å². The zero-order valence-corrected chi connectivity index (χ0v) is 20.1. The number of aromatic nitrogens is 4. The minimum absolute atomic E-state index is 0.215. The fourth-order valence-electron chi connectivity index (χ4n) is 3.68. The van der Waals surface area contributed by atoms with Gasteiger partial charge in [0.25, 0.3) is 0 Å². The van der Waals surface area contributed by atoms with Crippen LogP contribution in [0.25, 0.3) is 17.1 Å². The number of rotatable bonds is 7. The number of hydrogen-bond acceptors (Lipinski definition) is 10. The van der Waals surface area contributed by atoms with E-state index in [2.05, 4.69) is 25.4 Å². The molecule has 0 saturated heterocycles. The summed E-state index contributed by atoms with van der Waals surface area (Å²) in [6.07, 6.45) is 2.91. The molecule has 0 bridgehead atoms. The first kappa shape index (κ1) is 25.5. The van der Waals surface area contributed by atoms with Gasteiger partial charge in [0.05, 0.1) is 35.2 Å². The van der Waals surface area contributed by atoms with E-state index in [4.69, 9.17) is 16.1 Å². The first-order chi connectivity index (χ1) is 18.1. The summed E-state index contributed by atoms with van der Waals surface area (Å²) in [6, 6.07) is 9.73. The summed E-state index contributed by atoms with van der Waals surface area (Å²) in [4.78, 5) is 31.1. The number of aromatic hydroxyl groups is 2. The summed E-state index contributed by atoms with van der Waals surface area (Å²) in [7, 11) is 0. The second-order valence-electron chi connectivity index (χ2n) is 8.15. The predicted octanol–water partition coefficient (Wildman–Crippen LogP) is 2.82. The quantitative estimate of drug-likeness (QED) is 0.138. The minimum atomic E-state index is -1.26. The molecule has 13 nitrogen and oxygen atoms in total. The van der Waals surface area contributed by atoms with Crippen LogP contribution in [0.2, 0.25) is 0 Å². The van der Waals surface area contributed by atoms with Gasteiger partial charge < -0.3 is 26.3 Å². The number of carbonyl (C=O) groups is 2. The fourth-order valence-corrected chi connectivity index (χ4v) is 3.68. The van der Waals surface area contributed by atoms with E-state index in [-0.39, 0.29) is 22.5 Å². The minimum Gasteiger partial charge on any atom is -0.507 e. The summed E-state index contributed by atoms with van der Waals surface area (Å²) in [5.41, 5.74) is 3.19. The van der Waals surface area contributed by atoms with Gasteiger partial charge in [0.15, 0.2) is 0 Å². The molecule has 4 rings (SSSR count). The molecular formula is C25H21N7O6. The third kappa shape index (κ3) is 5.02. The van der Waals surface area contributed by atoms with Gasteiger partial charge in [0, 0.05) is 12.1 Å². The summed E-state index contributed by atoms with van der Waals surface area (Å²) >= 11 is 0. The molecule has 0 radical (unpaired) electrons. The first-order valence-corrected chi connectivity index (χ1v) is 10.9. The number of phenols is 2. The Kier molecular flexibility index (Phi) is 6.83. The first-order valence-electron chi connectivity index (χ1n) is 10.9. The topological polar surface area (TPSA) is 209 Å². The molecule has 0 aliphatic carbocycles. The van der Waals surface area contributed by atoms with Crippen LogP contribution in [0.1, 0.15) is 37.5 Å². The van der Waals surface area contributed by atoms with Gasteiger partial charge in [0.2, 0.25) is 0 Å². The zero-order chi connectivity index (χ0) is 27.6. The number of hydrogen-bond donors (Lipinski definition) is 5. The summed E-state index contributed by atoms with van der Waals surface area (Å²) in [5.74, 6) is 2.26. The second-order valence-corrected chi connectivity index (χ2v) is 8.15. The lowest BCUT2D eigenvalue weighted by Gasteiger charge is -2.09. The number of carboxylic acids is 2. The lowest BCUT2D eigenvalue weighted by Crippen LogP contribution is -2.12. The van der Waals surface area contributed by atoms with Crippen LogP contribution in [0.5, 0.6) is 11.5 Å². The van der Waals surface area contributed by atoms with Crippen molar-refractivity contribution < 1.29 is 30.0 Å². The molecule has 13 heteroatoms. The number of aliphatic imine (C=N–C) groups is 1. The Balaban J connectivity index is 1.67. The molecule has 0 aliphatic heterocycles. The van der Waals surface area contributed by atoms with Crippen molar-refractivity contribution in [3.8, 4) is 28.6 Å². The van der Waals surface area contributed by atoms with Crippen LogP contribution in [0, 0.1) is 13.8 Å². The fraction of sp³-hybridized carbons (Fsp3) is 0.0800. The number of hydrazone groups is 1. The lowest BCUT2D eigenvalue weighted by molar-refractivity contribution is 0.0682. The van der Waals surface area contributed by atoms with Crippen LogP contribution in [0.15, 0.2) is 58.8 Å². The molecule has 0 atom stereocenters. The van der Waals surface area contributed by atoms with Gasteiger partial charge >= 0.3 is 11.9 Å². The van der Waals surface area contributed by atoms with Crippen molar-refractivity contribution >= 4 is 29.6 Å². The summed E-state index contributed by atoms with van der Waals surface area (Å²) in [6.45, 7) is 3.65. The molecule has 0 unspecified atom stereocenters. The average molecular weight is 515 g/mol. The van der Waals surface area contributed by atoms with E-state index in [1.807, 2.05) is 19.9 Å². The van der Waals surface area contributed by atoms with E-state index in [1.165, 1.54) is 47.3 Å². The zero-order valence-electron chi connectivity index (χ0n) is 20.1. The van der Waals surface area contributed by atoms with Gasteiger partial charge in [-0.15, -0.1) is 5.10 Å². The monoisotopic (exact) mass is 515 g/mol. The maximum absolute atomic E-state index is 11.2. The number of benzene rings is 2.